The molecule has 4 rings (SSSR count). The maximum Gasteiger partial charge on any atom is 0.224 e. The van der Waals surface area contributed by atoms with E-state index in [1.54, 1.807) is 0 Å². The van der Waals surface area contributed by atoms with Gasteiger partial charge in [0.1, 0.15) is 5.82 Å². The number of rotatable bonds is 4. The molecule has 0 spiro atoms. The summed E-state index contributed by atoms with van der Waals surface area (Å²) in [4.78, 5) is 17.3. The van der Waals surface area contributed by atoms with E-state index in [2.05, 4.69) is 22.1 Å². The van der Waals surface area contributed by atoms with Crippen molar-refractivity contribution in [1.82, 2.24) is 9.55 Å². The summed E-state index contributed by atoms with van der Waals surface area (Å²) < 4.78 is 2.26. The van der Waals surface area contributed by atoms with Crippen LogP contribution in [-0.4, -0.2) is 15.5 Å². The number of carbonyl (C=O) groups excluding carboxylic acids is 1. The van der Waals surface area contributed by atoms with Crippen molar-refractivity contribution in [2.24, 2.45) is 5.92 Å². The van der Waals surface area contributed by atoms with E-state index in [0.29, 0.717) is 12.3 Å². The smallest absolute Gasteiger partial charge is 0.224 e. The number of benzene rings is 1. The summed E-state index contributed by atoms with van der Waals surface area (Å²) in [6, 6.07) is 8.05. The molecule has 2 aliphatic rings. The minimum absolute atomic E-state index is 0.142. The fourth-order valence-electron chi connectivity index (χ4n) is 4.21. The molecular formula is C21H27N3O. The lowest BCUT2D eigenvalue weighted by atomic mass is 9.87. The fraction of sp³-hybridized carbons (Fsp3) is 0.524. The zero-order valence-electron chi connectivity index (χ0n) is 14.8. The Labute approximate surface area is 149 Å². The summed E-state index contributed by atoms with van der Waals surface area (Å²) in [5.74, 6) is 1.87. The second-order valence-electron chi connectivity index (χ2n) is 7.49. The molecule has 4 heteroatoms. The van der Waals surface area contributed by atoms with Crippen LogP contribution >= 0.6 is 0 Å². The number of nitrogens with one attached hydrogen (secondary N) is 1. The molecule has 132 valence electrons. The number of aromatic nitrogens is 2. The number of amides is 1. The van der Waals surface area contributed by atoms with Crippen LogP contribution < -0.4 is 5.32 Å². The Kier molecular flexibility index (Phi) is 4.86. The van der Waals surface area contributed by atoms with Gasteiger partial charge in [-0.2, -0.15) is 0 Å². The van der Waals surface area contributed by atoms with E-state index in [9.17, 15) is 4.79 Å². The molecule has 4 nitrogen and oxygen atoms in total. The minimum Gasteiger partial charge on any atom is -0.334 e. The van der Waals surface area contributed by atoms with Gasteiger partial charge in [-0.1, -0.05) is 37.5 Å². The molecule has 1 aromatic carbocycles. The first-order chi connectivity index (χ1) is 12.3. The average molecular weight is 337 g/mol. The van der Waals surface area contributed by atoms with Crippen molar-refractivity contribution in [1.29, 1.82) is 0 Å². The first-order valence-electron chi connectivity index (χ1n) is 9.75. The quantitative estimate of drug-likeness (QED) is 0.871. The van der Waals surface area contributed by atoms with E-state index < -0.39 is 0 Å². The highest BCUT2D eigenvalue weighted by Crippen LogP contribution is 2.30. The van der Waals surface area contributed by atoms with Crippen molar-refractivity contribution >= 4 is 11.6 Å². The number of aryl methyl sites for hydroxylation is 2. The van der Waals surface area contributed by atoms with Gasteiger partial charge in [0, 0.05) is 31.1 Å². The van der Waals surface area contributed by atoms with E-state index in [4.69, 9.17) is 4.98 Å². The van der Waals surface area contributed by atoms with Crippen LogP contribution in [0.25, 0.3) is 11.3 Å². The molecule has 1 aliphatic carbocycles. The molecule has 1 saturated carbocycles. The molecule has 25 heavy (non-hydrogen) atoms. The predicted octanol–water partition coefficient (Wildman–Crippen LogP) is 4.80. The Bertz CT molecular complexity index is 720. The molecule has 0 radical (unpaired) electrons. The highest BCUT2D eigenvalue weighted by Gasteiger charge is 2.19. The maximum atomic E-state index is 12.5. The second-order valence-corrected chi connectivity index (χ2v) is 7.49. The van der Waals surface area contributed by atoms with Crippen molar-refractivity contribution in [2.75, 3.05) is 5.32 Å². The topological polar surface area (TPSA) is 46.9 Å². The van der Waals surface area contributed by atoms with Gasteiger partial charge in [0.05, 0.1) is 11.4 Å². The first kappa shape index (κ1) is 16.4. The lowest BCUT2D eigenvalue weighted by Crippen LogP contribution is -2.18. The summed E-state index contributed by atoms with van der Waals surface area (Å²) in [7, 11) is 0. The fourth-order valence-corrected chi connectivity index (χ4v) is 4.21. The van der Waals surface area contributed by atoms with E-state index in [0.717, 1.165) is 29.9 Å². The Morgan fingerprint density at radius 3 is 2.80 bits per heavy atom. The minimum atomic E-state index is 0.142. The lowest BCUT2D eigenvalue weighted by molar-refractivity contribution is -0.117. The predicted molar refractivity (Wildman–Crippen MR) is 100 cm³/mol. The van der Waals surface area contributed by atoms with Crippen molar-refractivity contribution in [2.45, 2.75) is 64.3 Å². The lowest BCUT2D eigenvalue weighted by Gasteiger charge is -2.21. The summed E-state index contributed by atoms with van der Waals surface area (Å²) in [5.41, 5.74) is 2.89. The zero-order valence-corrected chi connectivity index (χ0v) is 14.8. The molecule has 0 bridgehead atoms. The van der Waals surface area contributed by atoms with Gasteiger partial charge in [-0.15, -0.1) is 0 Å². The number of anilines is 1. The third-order valence-electron chi connectivity index (χ3n) is 5.58. The standard InChI is InChI=1S/C21H27N3O/c25-21(14-16-8-2-1-3-9-16)23-18-11-5-4-10-17(18)19-15-24-13-7-6-12-20(24)22-19/h4-5,10-11,15-16H,1-3,6-9,12-14H2,(H,23,25). The van der Waals surface area contributed by atoms with Gasteiger partial charge < -0.3 is 9.88 Å². The molecular weight excluding hydrogens is 310 g/mol. The summed E-state index contributed by atoms with van der Waals surface area (Å²) in [6.07, 6.45) is 12.5. The Balaban J connectivity index is 1.50. The van der Waals surface area contributed by atoms with Gasteiger partial charge >= 0.3 is 0 Å². The molecule has 2 heterocycles. The van der Waals surface area contributed by atoms with Crippen molar-refractivity contribution in [3.05, 3.63) is 36.3 Å². The monoisotopic (exact) mass is 337 g/mol. The molecule has 0 atom stereocenters. The van der Waals surface area contributed by atoms with Crippen molar-refractivity contribution in [3.8, 4) is 11.3 Å². The number of imidazole rings is 1. The Hall–Kier alpha value is -2.10. The molecule has 1 aromatic heterocycles. The highest BCUT2D eigenvalue weighted by atomic mass is 16.1. The number of carbonyl (C=O) groups is 1. The van der Waals surface area contributed by atoms with E-state index in [1.165, 1.54) is 50.8 Å². The van der Waals surface area contributed by atoms with Gasteiger partial charge in [-0.3, -0.25) is 4.79 Å². The molecule has 0 saturated heterocycles. The van der Waals surface area contributed by atoms with Gasteiger partial charge in [-0.25, -0.2) is 4.98 Å². The Morgan fingerprint density at radius 2 is 1.96 bits per heavy atom. The third-order valence-corrected chi connectivity index (χ3v) is 5.58. The number of fused-ring (bicyclic) bond motifs is 1. The number of hydrogen-bond acceptors (Lipinski definition) is 2. The first-order valence-corrected chi connectivity index (χ1v) is 9.75. The van der Waals surface area contributed by atoms with Crippen LogP contribution in [0.15, 0.2) is 30.5 Å². The van der Waals surface area contributed by atoms with E-state index in [-0.39, 0.29) is 5.91 Å². The number of hydrogen-bond donors (Lipinski definition) is 1. The van der Waals surface area contributed by atoms with Gasteiger partial charge in [0.25, 0.3) is 0 Å². The molecule has 1 aliphatic heterocycles. The van der Waals surface area contributed by atoms with Crippen LogP contribution in [-0.2, 0) is 17.8 Å². The van der Waals surface area contributed by atoms with Crippen LogP contribution in [0.1, 0.15) is 57.2 Å². The van der Waals surface area contributed by atoms with E-state index >= 15 is 0 Å². The van der Waals surface area contributed by atoms with Crippen LogP contribution in [0.5, 0.6) is 0 Å². The van der Waals surface area contributed by atoms with Crippen LogP contribution in [0, 0.1) is 5.92 Å². The molecule has 1 amide bonds. The third kappa shape index (κ3) is 3.78. The number of para-hydroxylation sites is 1. The SMILES string of the molecule is O=C(CC1CCCCC1)Nc1ccccc1-c1cn2c(n1)CCCC2. The maximum absolute atomic E-state index is 12.5. The molecule has 1 N–H and O–H groups in total. The normalized spacial score (nSPS) is 17.9. The summed E-state index contributed by atoms with van der Waals surface area (Å²) in [5, 5.41) is 3.15. The number of nitrogens with zero attached hydrogens (tertiary/aromatic N) is 2. The van der Waals surface area contributed by atoms with Crippen LogP contribution in [0.4, 0.5) is 5.69 Å². The molecule has 2 aromatic rings. The average Bonchev–Trinajstić information content (AvgIpc) is 3.07. The largest absolute Gasteiger partial charge is 0.334 e. The molecule has 0 unspecified atom stereocenters. The van der Waals surface area contributed by atoms with Crippen molar-refractivity contribution < 1.29 is 4.79 Å². The Morgan fingerprint density at radius 1 is 1.12 bits per heavy atom. The summed E-state index contributed by atoms with van der Waals surface area (Å²) in [6.45, 7) is 1.05. The van der Waals surface area contributed by atoms with E-state index in [1.807, 2.05) is 18.2 Å². The summed E-state index contributed by atoms with van der Waals surface area (Å²) >= 11 is 0. The zero-order chi connectivity index (χ0) is 17.1. The van der Waals surface area contributed by atoms with Crippen molar-refractivity contribution in [3.63, 3.8) is 0 Å². The second kappa shape index (κ2) is 7.42. The van der Waals surface area contributed by atoms with Gasteiger partial charge in [0.2, 0.25) is 5.91 Å². The van der Waals surface area contributed by atoms with Gasteiger partial charge in [0.15, 0.2) is 0 Å². The van der Waals surface area contributed by atoms with Gasteiger partial charge in [-0.05, 0) is 37.7 Å². The molecule has 1 fully saturated rings. The van der Waals surface area contributed by atoms with Crippen LogP contribution in [0.3, 0.4) is 0 Å². The highest BCUT2D eigenvalue weighted by molar-refractivity contribution is 5.95. The van der Waals surface area contributed by atoms with Crippen LogP contribution in [0.2, 0.25) is 0 Å².